The van der Waals surface area contributed by atoms with E-state index in [9.17, 15) is 0 Å². The molecule has 7 nitrogen and oxygen atoms in total. The van der Waals surface area contributed by atoms with Crippen molar-refractivity contribution in [2.75, 3.05) is 19.0 Å². The average Bonchev–Trinajstić information content (AvgIpc) is 2.73. The highest BCUT2D eigenvalue weighted by atomic mass is 16.5. The van der Waals surface area contributed by atoms with Crippen LogP contribution in [0.25, 0.3) is 0 Å². The van der Waals surface area contributed by atoms with Gasteiger partial charge in [-0.05, 0) is 26.0 Å². The Morgan fingerprint density at radius 3 is 2.75 bits per heavy atom. The Kier molecular flexibility index (Phi) is 4.27. The number of ether oxygens (including phenoxy) is 1. The molecule has 0 radical (unpaired) electrons. The maximum atomic E-state index is 8.69. The molecule has 0 aromatic carbocycles. The van der Waals surface area contributed by atoms with Crippen molar-refractivity contribution in [1.29, 1.82) is 5.26 Å². The molecule has 0 aliphatic rings. The molecule has 104 valence electrons. The number of nitrogens with zero attached hydrogens (tertiary/aromatic N) is 5. The molecule has 20 heavy (non-hydrogen) atoms. The molecule has 0 aliphatic heterocycles. The van der Waals surface area contributed by atoms with Gasteiger partial charge in [0.15, 0.2) is 11.5 Å². The standard InChI is InChI=1S/C13H16N6O/c1-9-13(10(2)19(18-9)6-7-20-3)15-12-5-4-11(8-14)16-17-12/h4-5H,6-7H2,1-3H3,(H,15,17). The van der Waals surface area contributed by atoms with Crippen LogP contribution in [0.3, 0.4) is 0 Å². The van der Waals surface area contributed by atoms with Crippen molar-refractivity contribution in [3.05, 3.63) is 29.2 Å². The second kappa shape index (κ2) is 6.12. The summed E-state index contributed by atoms with van der Waals surface area (Å²) in [5.74, 6) is 0.585. The molecule has 0 unspecified atom stereocenters. The number of nitrogens with one attached hydrogen (secondary N) is 1. The maximum Gasteiger partial charge on any atom is 0.163 e. The first-order valence-corrected chi connectivity index (χ1v) is 6.19. The molecule has 0 saturated carbocycles. The van der Waals surface area contributed by atoms with E-state index in [-0.39, 0.29) is 0 Å². The van der Waals surface area contributed by atoms with Crippen molar-refractivity contribution in [1.82, 2.24) is 20.0 Å². The molecule has 7 heteroatoms. The predicted molar refractivity (Wildman–Crippen MR) is 73.6 cm³/mol. The summed E-state index contributed by atoms with van der Waals surface area (Å²) in [6.45, 7) is 5.22. The molecule has 0 bridgehead atoms. The van der Waals surface area contributed by atoms with Gasteiger partial charge < -0.3 is 10.1 Å². The second-order valence-corrected chi connectivity index (χ2v) is 4.30. The van der Waals surface area contributed by atoms with Gasteiger partial charge in [0.2, 0.25) is 0 Å². The summed E-state index contributed by atoms with van der Waals surface area (Å²) < 4.78 is 6.95. The molecule has 2 heterocycles. The number of rotatable bonds is 5. The number of methoxy groups -OCH3 is 1. The first kappa shape index (κ1) is 14.0. The van der Waals surface area contributed by atoms with E-state index >= 15 is 0 Å². The van der Waals surface area contributed by atoms with Gasteiger partial charge in [0.1, 0.15) is 6.07 Å². The molecule has 0 aliphatic carbocycles. The van der Waals surface area contributed by atoms with Crippen molar-refractivity contribution < 1.29 is 4.74 Å². The van der Waals surface area contributed by atoms with Crippen LogP contribution in [0.15, 0.2) is 12.1 Å². The Morgan fingerprint density at radius 2 is 2.15 bits per heavy atom. The Bertz CT molecular complexity index is 626. The molecule has 0 spiro atoms. The molecule has 0 saturated heterocycles. The average molecular weight is 272 g/mol. The Labute approximate surface area is 117 Å². The summed E-state index contributed by atoms with van der Waals surface area (Å²) in [5, 5.41) is 24.1. The van der Waals surface area contributed by atoms with Gasteiger partial charge in [0, 0.05) is 7.11 Å². The van der Waals surface area contributed by atoms with Crippen LogP contribution in [0.4, 0.5) is 11.5 Å². The molecule has 1 N–H and O–H groups in total. The summed E-state index contributed by atoms with van der Waals surface area (Å²) >= 11 is 0. The van der Waals surface area contributed by atoms with Gasteiger partial charge in [-0.25, -0.2) is 0 Å². The zero-order valence-electron chi connectivity index (χ0n) is 11.7. The highest BCUT2D eigenvalue weighted by molar-refractivity contribution is 5.61. The van der Waals surface area contributed by atoms with Gasteiger partial charge in [-0.1, -0.05) is 0 Å². The monoisotopic (exact) mass is 272 g/mol. The van der Waals surface area contributed by atoms with Crippen LogP contribution in [-0.4, -0.2) is 33.7 Å². The molecule has 2 aromatic rings. The minimum atomic E-state index is 0.291. The van der Waals surface area contributed by atoms with Crippen LogP contribution in [0.5, 0.6) is 0 Å². The Balaban J connectivity index is 2.20. The van der Waals surface area contributed by atoms with E-state index < -0.39 is 0 Å². The van der Waals surface area contributed by atoms with E-state index in [1.165, 1.54) is 0 Å². The lowest BCUT2D eigenvalue weighted by Crippen LogP contribution is -2.07. The van der Waals surface area contributed by atoms with Crippen LogP contribution >= 0.6 is 0 Å². The summed E-state index contributed by atoms with van der Waals surface area (Å²) in [4.78, 5) is 0. The lowest BCUT2D eigenvalue weighted by Gasteiger charge is -2.06. The number of anilines is 2. The van der Waals surface area contributed by atoms with Gasteiger partial charge in [-0.2, -0.15) is 10.4 Å². The molecule has 0 amide bonds. The molecular weight excluding hydrogens is 256 g/mol. The predicted octanol–water partition coefficient (Wildman–Crippen LogP) is 1.55. The third-order valence-electron chi connectivity index (χ3n) is 2.92. The number of hydrogen-bond donors (Lipinski definition) is 1. The molecule has 2 aromatic heterocycles. The molecule has 0 fully saturated rings. The van der Waals surface area contributed by atoms with Gasteiger partial charge in [0.25, 0.3) is 0 Å². The van der Waals surface area contributed by atoms with Crippen LogP contribution in [0.2, 0.25) is 0 Å². The minimum Gasteiger partial charge on any atom is -0.383 e. The fourth-order valence-electron chi connectivity index (χ4n) is 1.86. The van der Waals surface area contributed by atoms with E-state index in [0.29, 0.717) is 24.7 Å². The molecule has 2 rings (SSSR count). The van der Waals surface area contributed by atoms with E-state index in [2.05, 4.69) is 20.6 Å². The van der Waals surface area contributed by atoms with E-state index in [1.807, 2.05) is 24.6 Å². The van der Waals surface area contributed by atoms with Gasteiger partial charge >= 0.3 is 0 Å². The van der Waals surface area contributed by atoms with E-state index in [4.69, 9.17) is 10.00 Å². The third-order valence-corrected chi connectivity index (χ3v) is 2.92. The highest BCUT2D eigenvalue weighted by Crippen LogP contribution is 2.22. The summed E-state index contributed by atoms with van der Waals surface area (Å²) in [7, 11) is 1.66. The number of hydrogen-bond acceptors (Lipinski definition) is 6. The van der Waals surface area contributed by atoms with Crippen LogP contribution in [0.1, 0.15) is 17.1 Å². The Hall–Kier alpha value is -2.46. The quantitative estimate of drug-likeness (QED) is 0.888. The van der Waals surface area contributed by atoms with E-state index in [1.54, 1.807) is 19.2 Å². The topological polar surface area (TPSA) is 88.6 Å². The summed E-state index contributed by atoms with van der Waals surface area (Å²) in [6, 6.07) is 5.28. The minimum absolute atomic E-state index is 0.291. The fraction of sp³-hybridized carbons (Fsp3) is 0.385. The first-order valence-electron chi connectivity index (χ1n) is 6.19. The third kappa shape index (κ3) is 2.92. The van der Waals surface area contributed by atoms with Crippen LogP contribution < -0.4 is 5.32 Å². The van der Waals surface area contributed by atoms with Gasteiger partial charge in [-0.15, -0.1) is 10.2 Å². The zero-order valence-corrected chi connectivity index (χ0v) is 11.7. The maximum absolute atomic E-state index is 8.69. The lowest BCUT2D eigenvalue weighted by atomic mass is 10.3. The highest BCUT2D eigenvalue weighted by Gasteiger charge is 2.12. The van der Waals surface area contributed by atoms with Crippen LogP contribution in [-0.2, 0) is 11.3 Å². The van der Waals surface area contributed by atoms with Crippen molar-refractivity contribution in [2.45, 2.75) is 20.4 Å². The van der Waals surface area contributed by atoms with Gasteiger partial charge in [0.05, 0.1) is 30.2 Å². The van der Waals surface area contributed by atoms with Crippen LogP contribution in [0, 0.1) is 25.2 Å². The number of aromatic nitrogens is 4. The largest absolute Gasteiger partial charge is 0.383 e. The second-order valence-electron chi connectivity index (χ2n) is 4.30. The summed E-state index contributed by atoms with van der Waals surface area (Å²) in [5.41, 5.74) is 3.08. The van der Waals surface area contributed by atoms with Crippen molar-refractivity contribution in [3.8, 4) is 6.07 Å². The lowest BCUT2D eigenvalue weighted by molar-refractivity contribution is 0.182. The molecular formula is C13H16N6O. The van der Waals surface area contributed by atoms with Crippen molar-refractivity contribution in [3.63, 3.8) is 0 Å². The van der Waals surface area contributed by atoms with Crippen molar-refractivity contribution >= 4 is 11.5 Å². The van der Waals surface area contributed by atoms with Gasteiger partial charge in [-0.3, -0.25) is 4.68 Å². The normalized spacial score (nSPS) is 10.3. The zero-order chi connectivity index (χ0) is 14.5. The first-order chi connectivity index (χ1) is 9.65. The smallest absolute Gasteiger partial charge is 0.163 e. The molecule has 0 atom stereocenters. The fourth-order valence-corrected chi connectivity index (χ4v) is 1.86. The number of aryl methyl sites for hydroxylation is 1. The Morgan fingerprint density at radius 1 is 1.35 bits per heavy atom. The number of nitriles is 1. The summed E-state index contributed by atoms with van der Waals surface area (Å²) in [6.07, 6.45) is 0. The SMILES string of the molecule is COCCn1nc(C)c(Nc2ccc(C#N)nn2)c1C. The van der Waals surface area contributed by atoms with Crippen molar-refractivity contribution in [2.24, 2.45) is 0 Å². The van der Waals surface area contributed by atoms with E-state index in [0.717, 1.165) is 17.1 Å².